The van der Waals surface area contributed by atoms with Crippen LogP contribution in [-0.2, 0) is 14.8 Å². The molecule has 1 N–H and O–H groups in total. The van der Waals surface area contributed by atoms with Crippen LogP contribution in [0, 0.1) is 0 Å². The number of anilines is 2. The summed E-state index contributed by atoms with van der Waals surface area (Å²) >= 11 is 0. The summed E-state index contributed by atoms with van der Waals surface area (Å²) in [7, 11) is -3.72. The summed E-state index contributed by atoms with van der Waals surface area (Å²) in [5.74, 6) is 0.515. The Kier molecular flexibility index (Phi) is 4.99. The molecular weight excluding hydrogens is 358 g/mol. The topological polar surface area (TPSA) is 97.8 Å². The van der Waals surface area contributed by atoms with Gasteiger partial charge in [0.1, 0.15) is 19.3 Å². The maximum Gasteiger partial charge on any atom is 0.248 e. The van der Waals surface area contributed by atoms with Crippen molar-refractivity contribution in [3.05, 3.63) is 42.7 Å². The highest BCUT2D eigenvalue weighted by Gasteiger charge is 2.30. The Labute approximate surface area is 151 Å². The number of aromatic nitrogens is 1. The van der Waals surface area contributed by atoms with E-state index in [9.17, 15) is 13.2 Å². The molecule has 0 saturated carbocycles. The van der Waals surface area contributed by atoms with Gasteiger partial charge in [-0.15, -0.1) is 0 Å². The number of hydrogen-bond donors (Lipinski definition) is 1. The summed E-state index contributed by atoms with van der Waals surface area (Å²) in [4.78, 5) is 16.5. The second-order valence-corrected chi connectivity index (χ2v) is 7.65. The maximum atomic E-state index is 12.6. The minimum Gasteiger partial charge on any atom is -0.486 e. The van der Waals surface area contributed by atoms with E-state index in [1.807, 2.05) is 0 Å². The van der Waals surface area contributed by atoms with Gasteiger partial charge in [-0.2, -0.15) is 0 Å². The summed E-state index contributed by atoms with van der Waals surface area (Å²) < 4.78 is 36.7. The van der Waals surface area contributed by atoms with E-state index in [0.717, 1.165) is 10.6 Å². The van der Waals surface area contributed by atoms with E-state index in [2.05, 4.69) is 10.3 Å². The predicted molar refractivity (Wildman–Crippen MR) is 97.1 cm³/mol. The van der Waals surface area contributed by atoms with Crippen molar-refractivity contribution < 1.29 is 22.7 Å². The minimum absolute atomic E-state index is 0.325. The molecule has 1 aliphatic heterocycles. The van der Waals surface area contributed by atoms with Crippen LogP contribution < -0.4 is 19.1 Å². The average molecular weight is 377 g/mol. The summed E-state index contributed by atoms with van der Waals surface area (Å²) in [6.45, 7) is 2.34. The molecular formula is C17H19N3O5S. The maximum absolute atomic E-state index is 12.6. The second kappa shape index (κ2) is 7.20. The fourth-order valence-corrected chi connectivity index (χ4v) is 3.83. The molecule has 1 aromatic heterocycles. The molecule has 138 valence electrons. The molecule has 0 aliphatic carbocycles. The highest BCUT2D eigenvalue weighted by atomic mass is 32.2. The SMILES string of the molecule is C[C@@H](C(=O)Nc1cccnc1)N(c1ccc2c(c1)OCCO2)S(C)(=O)=O. The fraction of sp³-hybridized carbons (Fsp3) is 0.294. The first-order valence-electron chi connectivity index (χ1n) is 7.96. The number of nitrogens with zero attached hydrogens (tertiary/aromatic N) is 2. The second-order valence-electron chi connectivity index (χ2n) is 5.79. The molecule has 0 bridgehead atoms. The van der Waals surface area contributed by atoms with Gasteiger partial charge in [0.05, 0.1) is 23.8 Å². The van der Waals surface area contributed by atoms with E-state index in [-0.39, 0.29) is 0 Å². The van der Waals surface area contributed by atoms with Gasteiger partial charge in [-0.25, -0.2) is 8.42 Å². The van der Waals surface area contributed by atoms with Gasteiger partial charge in [0, 0.05) is 12.3 Å². The molecule has 26 heavy (non-hydrogen) atoms. The lowest BCUT2D eigenvalue weighted by Gasteiger charge is -2.29. The lowest BCUT2D eigenvalue weighted by atomic mass is 10.2. The van der Waals surface area contributed by atoms with Crippen LogP contribution in [0.3, 0.4) is 0 Å². The number of nitrogens with one attached hydrogen (secondary N) is 1. The Hall–Kier alpha value is -2.81. The molecule has 0 unspecified atom stereocenters. The van der Waals surface area contributed by atoms with Crippen molar-refractivity contribution in [2.75, 3.05) is 29.1 Å². The number of fused-ring (bicyclic) bond motifs is 1. The number of sulfonamides is 1. The number of benzene rings is 1. The fourth-order valence-electron chi connectivity index (χ4n) is 2.66. The number of hydrogen-bond acceptors (Lipinski definition) is 6. The first-order valence-corrected chi connectivity index (χ1v) is 9.81. The van der Waals surface area contributed by atoms with Crippen LogP contribution in [0.1, 0.15) is 6.92 Å². The molecule has 2 aromatic rings. The van der Waals surface area contributed by atoms with Crippen LogP contribution in [0.2, 0.25) is 0 Å². The summed E-state index contributed by atoms with van der Waals surface area (Å²) in [6, 6.07) is 7.15. The number of rotatable bonds is 5. The Morgan fingerprint density at radius 1 is 1.23 bits per heavy atom. The number of carbonyl (C=O) groups is 1. The first kappa shape index (κ1) is 18.0. The molecule has 8 nitrogen and oxygen atoms in total. The largest absolute Gasteiger partial charge is 0.486 e. The van der Waals surface area contributed by atoms with Crippen molar-refractivity contribution in [2.24, 2.45) is 0 Å². The Morgan fingerprint density at radius 2 is 1.96 bits per heavy atom. The van der Waals surface area contributed by atoms with E-state index >= 15 is 0 Å². The van der Waals surface area contributed by atoms with Gasteiger partial charge in [-0.3, -0.25) is 14.1 Å². The van der Waals surface area contributed by atoms with Gasteiger partial charge < -0.3 is 14.8 Å². The number of ether oxygens (including phenoxy) is 2. The van der Waals surface area contributed by atoms with Crippen LogP contribution in [0.4, 0.5) is 11.4 Å². The van der Waals surface area contributed by atoms with Crippen molar-refractivity contribution in [1.29, 1.82) is 0 Å². The lowest BCUT2D eigenvalue weighted by Crippen LogP contribution is -2.45. The highest BCUT2D eigenvalue weighted by molar-refractivity contribution is 7.92. The molecule has 0 spiro atoms. The average Bonchev–Trinajstić information content (AvgIpc) is 2.61. The van der Waals surface area contributed by atoms with Crippen molar-refractivity contribution in [3.8, 4) is 11.5 Å². The van der Waals surface area contributed by atoms with E-state index in [1.165, 1.54) is 13.1 Å². The molecule has 2 heterocycles. The van der Waals surface area contributed by atoms with Crippen LogP contribution >= 0.6 is 0 Å². The van der Waals surface area contributed by atoms with Crippen LogP contribution in [0.25, 0.3) is 0 Å². The normalized spacial score (nSPS) is 14.4. The zero-order valence-electron chi connectivity index (χ0n) is 14.4. The third-order valence-corrected chi connectivity index (χ3v) is 5.04. The van der Waals surface area contributed by atoms with E-state index in [0.29, 0.717) is 36.1 Å². The quantitative estimate of drug-likeness (QED) is 0.851. The predicted octanol–water partition coefficient (Wildman–Crippen LogP) is 1.65. The van der Waals surface area contributed by atoms with Crippen LogP contribution in [0.15, 0.2) is 42.7 Å². The third-order valence-electron chi connectivity index (χ3n) is 3.80. The number of carbonyl (C=O) groups excluding carboxylic acids is 1. The zero-order valence-corrected chi connectivity index (χ0v) is 15.2. The molecule has 1 aromatic carbocycles. The highest BCUT2D eigenvalue weighted by Crippen LogP contribution is 2.35. The van der Waals surface area contributed by atoms with Crippen molar-refractivity contribution in [1.82, 2.24) is 4.98 Å². The Bertz CT molecular complexity index is 902. The Balaban J connectivity index is 1.90. The molecule has 1 aliphatic rings. The molecule has 0 saturated heterocycles. The minimum atomic E-state index is -3.72. The molecule has 1 amide bonds. The number of pyridine rings is 1. The molecule has 0 fully saturated rings. The molecule has 9 heteroatoms. The summed E-state index contributed by atoms with van der Waals surface area (Å²) in [5.41, 5.74) is 0.811. The van der Waals surface area contributed by atoms with Crippen LogP contribution in [-0.4, -0.2) is 44.8 Å². The van der Waals surface area contributed by atoms with Gasteiger partial charge in [0.2, 0.25) is 15.9 Å². The van der Waals surface area contributed by atoms with Gasteiger partial charge in [-0.1, -0.05) is 0 Å². The molecule has 3 rings (SSSR count). The van der Waals surface area contributed by atoms with E-state index in [1.54, 1.807) is 36.5 Å². The monoisotopic (exact) mass is 377 g/mol. The van der Waals surface area contributed by atoms with Crippen LogP contribution in [0.5, 0.6) is 11.5 Å². The first-order chi connectivity index (χ1) is 12.4. The summed E-state index contributed by atoms with van der Waals surface area (Å²) in [5, 5.41) is 2.66. The summed E-state index contributed by atoms with van der Waals surface area (Å²) in [6.07, 6.45) is 4.12. The standard InChI is InChI=1S/C17H19N3O5S/c1-12(17(21)19-13-4-3-7-18-11-13)20(26(2,22)23)14-5-6-15-16(10-14)25-9-8-24-15/h3-7,10-12H,8-9H2,1-2H3,(H,19,21)/t12-/m0/s1. The van der Waals surface area contributed by atoms with Crippen molar-refractivity contribution in [3.63, 3.8) is 0 Å². The Morgan fingerprint density at radius 3 is 2.62 bits per heavy atom. The van der Waals surface area contributed by atoms with E-state index < -0.39 is 22.0 Å². The van der Waals surface area contributed by atoms with Gasteiger partial charge in [0.25, 0.3) is 0 Å². The third kappa shape index (κ3) is 3.88. The van der Waals surface area contributed by atoms with Crippen molar-refractivity contribution >= 4 is 27.3 Å². The number of amides is 1. The zero-order chi connectivity index (χ0) is 18.7. The van der Waals surface area contributed by atoms with Gasteiger partial charge in [-0.05, 0) is 31.2 Å². The van der Waals surface area contributed by atoms with E-state index in [4.69, 9.17) is 9.47 Å². The molecule has 0 radical (unpaired) electrons. The van der Waals surface area contributed by atoms with Gasteiger partial charge >= 0.3 is 0 Å². The molecule has 1 atom stereocenters. The smallest absolute Gasteiger partial charge is 0.248 e. The van der Waals surface area contributed by atoms with Gasteiger partial charge in [0.15, 0.2) is 11.5 Å². The van der Waals surface area contributed by atoms with Crippen molar-refractivity contribution in [2.45, 2.75) is 13.0 Å². The lowest BCUT2D eigenvalue weighted by molar-refractivity contribution is -0.116.